The Kier molecular flexibility index (Phi) is 6.34. The van der Waals surface area contributed by atoms with Gasteiger partial charge in [-0.25, -0.2) is 0 Å². The Bertz CT molecular complexity index is 829. The van der Waals surface area contributed by atoms with Gasteiger partial charge in [0.2, 0.25) is 0 Å². The predicted molar refractivity (Wildman–Crippen MR) is 107 cm³/mol. The van der Waals surface area contributed by atoms with Crippen LogP contribution in [0.3, 0.4) is 0 Å². The summed E-state index contributed by atoms with van der Waals surface area (Å²) in [6, 6.07) is 13.8. The zero-order valence-corrected chi connectivity index (χ0v) is 16.3. The molecule has 3 N–H and O–H groups in total. The normalized spacial score (nSPS) is 10.8. The second kappa shape index (κ2) is 8.29. The standard InChI is InChI=1S/C19H20ClN3O2S/c1-19(2,3)14-9-7-12(8-10-14)17(25)22-23-18(26)21-16(24)13-5-4-6-15(20)11-13/h4-11H,1-3H3,(H,22,25)(H2,21,23,24,26). The van der Waals surface area contributed by atoms with E-state index in [4.69, 9.17) is 23.8 Å². The molecule has 0 saturated carbocycles. The number of thiocarbonyl (C=S) groups is 1. The molecule has 0 aromatic heterocycles. The highest BCUT2D eigenvalue weighted by Crippen LogP contribution is 2.22. The fourth-order valence-corrected chi connectivity index (χ4v) is 2.48. The number of hydrogen-bond donors (Lipinski definition) is 3. The van der Waals surface area contributed by atoms with E-state index in [2.05, 4.69) is 36.9 Å². The predicted octanol–water partition coefficient (Wildman–Crippen LogP) is 3.59. The molecule has 26 heavy (non-hydrogen) atoms. The lowest BCUT2D eigenvalue weighted by Gasteiger charge is -2.19. The highest BCUT2D eigenvalue weighted by molar-refractivity contribution is 7.80. The number of hydrogen-bond acceptors (Lipinski definition) is 3. The van der Waals surface area contributed by atoms with Gasteiger partial charge in [0.1, 0.15) is 0 Å². The molecule has 0 bridgehead atoms. The van der Waals surface area contributed by atoms with Crippen LogP contribution in [0.25, 0.3) is 0 Å². The van der Waals surface area contributed by atoms with Gasteiger partial charge in [-0.05, 0) is 53.5 Å². The van der Waals surface area contributed by atoms with Crippen LogP contribution in [0.5, 0.6) is 0 Å². The lowest BCUT2D eigenvalue weighted by molar-refractivity contribution is 0.0934. The Morgan fingerprint density at radius 1 is 0.923 bits per heavy atom. The molecular formula is C19H20ClN3O2S. The highest BCUT2D eigenvalue weighted by Gasteiger charge is 2.14. The van der Waals surface area contributed by atoms with Crippen molar-refractivity contribution in [3.05, 3.63) is 70.2 Å². The summed E-state index contributed by atoms with van der Waals surface area (Å²) in [5.74, 6) is -0.779. The number of halogens is 1. The Morgan fingerprint density at radius 3 is 2.15 bits per heavy atom. The smallest absolute Gasteiger partial charge is 0.269 e. The molecule has 2 aromatic rings. The van der Waals surface area contributed by atoms with E-state index in [0.29, 0.717) is 16.1 Å². The van der Waals surface area contributed by atoms with Crippen LogP contribution in [-0.4, -0.2) is 16.9 Å². The van der Waals surface area contributed by atoms with E-state index in [0.717, 1.165) is 5.56 Å². The minimum absolute atomic E-state index is 0.0133. The summed E-state index contributed by atoms with van der Waals surface area (Å²) in [5, 5.41) is 2.90. The number of rotatable bonds is 2. The van der Waals surface area contributed by atoms with Gasteiger partial charge >= 0.3 is 0 Å². The van der Waals surface area contributed by atoms with Crippen LogP contribution in [0.1, 0.15) is 47.1 Å². The van der Waals surface area contributed by atoms with Crippen LogP contribution in [0, 0.1) is 0 Å². The maximum Gasteiger partial charge on any atom is 0.269 e. The lowest BCUT2D eigenvalue weighted by atomic mass is 9.87. The van der Waals surface area contributed by atoms with E-state index in [-0.39, 0.29) is 16.4 Å². The van der Waals surface area contributed by atoms with Gasteiger partial charge in [0.25, 0.3) is 11.8 Å². The molecule has 2 rings (SSSR count). The van der Waals surface area contributed by atoms with E-state index in [1.54, 1.807) is 30.3 Å². The van der Waals surface area contributed by atoms with Crippen molar-refractivity contribution in [2.45, 2.75) is 26.2 Å². The highest BCUT2D eigenvalue weighted by atomic mass is 35.5. The third kappa shape index (κ3) is 5.54. The summed E-state index contributed by atoms with van der Waals surface area (Å²) in [7, 11) is 0. The molecule has 0 spiro atoms. The Morgan fingerprint density at radius 2 is 1.58 bits per heavy atom. The van der Waals surface area contributed by atoms with Crippen LogP contribution in [-0.2, 0) is 5.41 Å². The maximum atomic E-state index is 12.1. The number of amides is 2. The molecule has 0 radical (unpaired) electrons. The minimum Gasteiger partial charge on any atom is -0.298 e. The van der Waals surface area contributed by atoms with Crippen LogP contribution >= 0.6 is 23.8 Å². The molecule has 0 unspecified atom stereocenters. The first-order chi connectivity index (χ1) is 12.2. The molecule has 136 valence electrons. The number of nitrogens with one attached hydrogen (secondary N) is 3. The van der Waals surface area contributed by atoms with Crippen molar-refractivity contribution < 1.29 is 9.59 Å². The zero-order valence-electron chi connectivity index (χ0n) is 14.7. The van der Waals surface area contributed by atoms with E-state index < -0.39 is 5.91 Å². The van der Waals surface area contributed by atoms with Gasteiger partial charge in [-0.3, -0.25) is 25.8 Å². The summed E-state index contributed by atoms with van der Waals surface area (Å²) in [4.78, 5) is 24.2. The van der Waals surface area contributed by atoms with Gasteiger partial charge in [-0.15, -0.1) is 0 Å². The van der Waals surface area contributed by atoms with Crippen LogP contribution in [0.4, 0.5) is 0 Å². The molecule has 5 nitrogen and oxygen atoms in total. The molecule has 2 aromatic carbocycles. The first kappa shape index (κ1) is 19.9. The Hall–Kier alpha value is -2.44. The van der Waals surface area contributed by atoms with Crippen LogP contribution in [0.2, 0.25) is 5.02 Å². The largest absolute Gasteiger partial charge is 0.298 e. The van der Waals surface area contributed by atoms with Crippen LogP contribution < -0.4 is 16.2 Å². The summed E-state index contributed by atoms with van der Waals surface area (Å²) >= 11 is 10.9. The molecule has 0 aliphatic heterocycles. The van der Waals surface area contributed by atoms with Crippen molar-refractivity contribution in [2.75, 3.05) is 0 Å². The molecule has 7 heteroatoms. The van der Waals surface area contributed by atoms with Gasteiger partial charge in [-0.1, -0.05) is 50.6 Å². The number of benzene rings is 2. The molecule has 2 amide bonds. The van der Waals surface area contributed by atoms with E-state index >= 15 is 0 Å². The summed E-state index contributed by atoms with van der Waals surface area (Å²) < 4.78 is 0. The van der Waals surface area contributed by atoms with Crippen molar-refractivity contribution in [3.8, 4) is 0 Å². The van der Waals surface area contributed by atoms with E-state index in [9.17, 15) is 9.59 Å². The summed E-state index contributed by atoms with van der Waals surface area (Å²) in [6.07, 6.45) is 0. The molecular weight excluding hydrogens is 370 g/mol. The second-order valence-corrected chi connectivity index (χ2v) is 7.54. The Balaban J connectivity index is 1.88. The molecule has 0 heterocycles. The molecule has 0 aliphatic rings. The lowest BCUT2D eigenvalue weighted by Crippen LogP contribution is -2.48. The van der Waals surface area contributed by atoms with Gasteiger partial charge in [0, 0.05) is 16.1 Å². The first-order valence-electron chi connectivity index (χ1n) is 7.94. The third-order valence-electron chi connectivity index (χ3n) is 3.62. The number of carbonyl (C=O) groups is 2. The first-order valence-corrected chi connectivity index (χ1v) is 8.73. The molecule has 0 fully saturated rings. The topological polar surface area (TPSA) is 70.2 Å². The summed E-state index contributed by atoms with van der Waals surface area (Å²) in [6.45, 7) is 6.31. The van der Waals surface area contributed by atoms with E-state index in [1.807, 2.05) is 12.1 Å². The maximum absolute atomic E-state index is 12.1. The van der Waals surface area contributed by atoms with Crippen molar-refractivity contribution in [1.82, 2.24) is 16.2 Å². The van der Waals surface area contributed by atoms with Gasteiger partial charge in [0.05, 0.1) is 0 Å². The third-order valence-corrected chi connectivity index (χ3v) is 4.06. The van der Waals surface area contributed by atoms with Gasteiger partial charge in [0.15, 0.2) is 5.11 Å². The molecule has 0 saturated heterocycles. The van der Waals surface area contributed by atoms with Crippen LogP contribution in [0.15, 0.2) is 48.5 Å². The van der Waals surface area contributed by atoms with Gasteiger partial charge in [-0.2, -0.15) is 0 Å². The number of hydrazine groups is 1. The number of carbonyl (C=O) groups excluding carboxylic acids is 2. The average molecular weight is 390 g/mol. The second-order valence-electron chi connectivity index (χ2n) is 6.70. The molecule has 0 atom stereocenters. The van der Waals surface area contributed by atoms with Crippen molar-refractivity contribution in [2.24, 2.45) is 0 Å². The summed E-state index contributed by atoms with van der Waals surface area (Å²) in [5.41, 5.74) is 6.95. The zero-order chi connectivity index (χ0) is 19.3. The van der Waals surface area contributed by atoms with Gasteiger partial charge < -0.3 is 0 Å². The van der Waals surface area contributed by atoms with Crippen molar-refractivity contribution in [3.63, 3.8) is 0 Å². The minimum atomic E-state index is -0.422. The van der Waals surface area contributed by atoms with Crippen molar-refractivity contribution in [1.29, 1.82) is 0 Å². The van der Waals surface area contributed by atoms with E-state index in [1.165, 1.54) is 6.07 Å². The molecule has 0 aliphatic carbocycles. The SMILES string of the molecule is CC(C)(C)c1ccc(C(=O)NNC(=S)NC(=O)c2cccc(Cl)c2)cc1. The fraction of sp³-hybridized carbons (Fsp3) is 0.211. The quantitative estimate of drug-likeness (QED) is 0.542. The average Bonchev–Trinajstić information content (AvgIpc) is 2.59. The Labute approximate surface area is 163 Å². The monoisotopic (exact) mass is 389 g/mol. The fourth-order valence-electron chi connectivity index (χ4n) is 2.14. The van der Waals surface area contributed by atoms with Crippen molar-refractivity contribution >= 4 is 40.7 Å².